The fourth-order valence-corrected chi connectivity index (χ4v) is 3.25. The number of ether oxygens (including phenoxy) is 1. The lowest BCUT2D eigenvalue weighted by atomic mass is 10.1. The standard InChI is InChI=1S/C21H19BrN2O3/c1-23-19(25)12-14-6-9-16(10-7-14)24-20(26)13-27-18-11-8-15-4-2-3-5-17(15)21(18)22/h2-11H,12-13H2,1H3,(H,23,25)(H,24,26). The molecule has 0 aliphatic heterocycles. The number of benzene rings is 3. The molecule has 0 atom stereocenters. The first kappa shape index (κ1) is 18.9. The lowest BCUT2D eigenvalue weighted by molar-refractivity contribution is -0.120. The average molecular weight is 427 g/mol. The monoisotopic (exact) mass is 426 g/mol. The van der Waals surface area contributed by atoms with Crippen LogP contribution in [0.3, 0.4) is 0 Å². The van der Waals surface area contributed by atoms with Crippen molar-refractivity contribution in [3.05, 3.63) is 70.7 Å². The van der Waals surface area contributed by atoms with Gasteiger partial charge in [0.25, 0.3) is 5.91 Å². The van der Waals surface area contributed by atoms with E-state index in [-0.39, 0.29) is 18.4 Å². The molecular weight excluding hydrogens is 408 g/mol. The topological polar surface area (TPSA) is 67.4 Å². The molecule has 0 aromatic heterocycles. The van der Waals surface area contributed by atoms with Crippen molar-refractivity contribution in [1.29, 1.82) is 0 Å². The molecule has 0 aliphatic carbocycles. The summed E-state index contributed by atoms with van der Waals surface area (Å²) in [5.41, 5.74) is 1.53. The Morgan fingerprint density at radius 3 is 2.44 bits per heavy atom. The first-order valence-corrected chi connectivity index (χ1v) is 9.25. The van der Waals surface area contributed by atoms with Crippen LogP contribution in [-0.4, -0.2) is 25.5 Å². The third kappa shape index (κ3) is 4.86. The molecule has 27 heavy (non-hydrogen) atoms. The number of carbonyl (C=O) groups is 2. The summed E-state index contributed by atoms with van der Waals surface area (Å²) in [5, 5.41) is 7.49. The number of fused-ring (bicyclic) bond motifs is 1. The van der Waals surface area contributed by atoms with E-state index < -0.39 is 0 Å². The van der Waals surface area contributed by atoms with Crippen LogP contribution in [0.1, 0.15) is 5.56 Å². The first-order valence-electron chi connectivity index (χ1n) is 8.46. The van der Waals surface area contributed by atoms with Gasteiger partial charge in [0.2, 0.25) is 5.91 Å². The number of likely N-dealkylation sites (N-methyl/N-ethyl adjacent to an activating group) is 1. The molecule has 0 bridgehead atoms. The van der Waals surface area contributed by atoms with Crippen LogP contribution in [0.4, 0.5) is 5.69 Å². The second-order valence-corrected chi connectivity index (χ2v) is 6.78. The largest absolute Gasteiger partial charge is 0.483 e. The summed E-state index contributed by atoms with van der Waals surface area (Å²) < 4.78 is 6.48. The van der Waals surface area contributed by atoms with Crippen LogP contribution in [0.25, 0.3) is 10.8 Å². The number of hydrogen-bond donors (Lipinski definition) is 2. The van der Waals surface area contributed by atoms with Gasteiger partial charge in [0.1, 0.15) is 5.75 Å². The normalized spacial score (nSPS) is 10.4. The molecular formula is C21H19BrN2O3. The quantitative estimate of drug-likeness (QED) is 0.627. The number of anilines is 1. The average Bonchev–Trinajstić information content (AvgIpc) is 2.69. The Balaban J connectivity index is 1.58. The maximum absolute atomic E-state index is 12.2. The van der Waals surface area contributed by atoms with E-state index in [1.807, 2.05) is 48.5 Å². The highest BCUT2D eigenvalue weighted by molar-refractivity contribution is 9.10. The van der Waals surface area contributed by atoms with E-state index in [9.17, 15) is 9.59 Å². The van der Waals surface area contributed by atoms with E-state index >= 15 is 0 Å². The van der Waals surface area contributed by atoms with Crippen LogP contribution in [0, 0.1) is 0 Å². The third-order valence-corrected chi connectivity index (χ3v) is 4.89. The number of amides is 2. The predicted octanol–water partition coefficient (Wildman–Crippen LogP) is 3.91. The van der Waals surface area contributed by atoms with E-state index in [0.29, 0.717) is 17.9 Å². The van der Waals surface area contributed by atoms with Crippen molar-refractivity contribution in [2.75, 3.05) is 19.0 Å². The highest BCUT2D eigenvalue weighted by atomic mass is 79.9. The highest BCUT2D eigenvalue weighted by Gasteiger charge is 2.09. The summed E-state index contributed by atoms with van der Waals surface area (Å²) in [6, 6.07) is 18.9. The Hall–Kier alpha value is -2.86. The number of rotatable bonds is 6. The van der Waals surface area contributed by atoms with Gasteiger partial charge in [-0.05, 0) is 50.5 Å². The van der Waals surface area contributed by atoms with E-state index in [0.717, 1.165) is 20.8 Å². The molecule has 6 heteroatoms. The lowest BCUT2D eigenvalue weighted by Gasteiger charge is -2.11. The molecule has 0 aliphatic rings. The Kier molecular flexibility index (Phi) is 6.08. The first-order chi connectivity index (χ1) is 13.1. The summed E-state index contributed by atoms with van der Waals surface area (Å²) in [6.07, 6.45) is 0.309. The zero-order valence-corrected chi connectivity index (χ0v) is 16.4. The number of halogens is 1. The molecule has 2 N–H and O–H groups in total. The highest BCUT2D eigenvalue weighted by Crippen LogP contribution is 2.32. The summed E-state index contributed by atoms with van der Waals surface area (Å²) in [6.45, 7) is -0.100. The predicted molar refractivity (Wildman–Crippen MR) is 110 cm³/mol. The number of hydrogen-bond acceptors (Lipinski definition) is 3. The molecule has 3 aromatic rings. The Morgan fingerprint density at radius 1 is 0.963 bits per heavy atom. The van der Waals surface area contributed by atoms with Crippen LogP contribution in [0.15, 0.2) is 65.1 Å². The summed E-state index contributed by atoms with van der Waals surface area (Å²) in [5.74, 6) is 0.306. The van der Waals surface area contributed by atoms with Crippen molar-refractivity contribution in [2.24, 2.45) is 0 Å². The van der Waals surface area contributed by atoms with Crippen LogP contribution < -0.4 is 15.4 Å². The second-order valence-electron chi connectivity index (χ2n) is 5.98. The minimum absolute atomic E-state index is 0.0545. The fraction of sp³-hybridized carbons (Fsp3) is 0.143. The van der Waals surface area contributed by atoms with Gasteiger partial charge in [-0.3, -0.25) is 9.59 Å². The van der Waals surface area contributed by atoms with Crippen LogP contribution in [0.5, 0.6) is 5.75 Å². The van der Waals surface area contributed by atoms with Gasteiger partial charge in [0.15, 0.2) is 6.61 Å². The molecule has 138 valence electrons. The van der Waals surface area contributed by atoms with Gasteiger partial charge >= 0.3 is 0 Å². The molecule has 0 saturated carbocycles. The number of nitrogens with one attached hydrogen (secondary N) is 2. The van der Waals surface area contributed by atoms with Gasteiger partial charge in [-0.1, -0.05) is 42.5 Å². The smallest absolute Gasteiger partial charge is 0.262 e. The van der Waals surface area contributed by atoms with Gasteiger partial charge in [-0.2, -0.15) is 0 Å². The summed E-state index contributed by atoms with van der Waals surface area (Å²) >= 11 is 3.54. The molecule has 3 aromatic carbocycles. The van der Waals surface area contributed by atoms with Gasteiger partial charge < -0.3 is 15.4 Å². The van der Waals surface area contributed by atoms with Gasteiger partial charge in [0.05, 0.1) is 10.9 Å². The molecule has 0 unspecified atom stereocenters. The van der Waals surface area contributed by atoms with Crippen LogP contribution in [-0.2, 0) is 16.0 Å². The summed E-state index contributed by atoms with van der Waals surface area (Å²) in [4.78, 5) is 23.5. The maximum Gasteiger partial charge on any atom is 0.262 e. The number of carbonyl (C=O) groups excluding carboxylic acids is 2. The Labute approximate surface area is 165 Å². The van der Waals surface area contributed by atoms with E-state index in [2.05, 4.69) is 26.6 Å². The van der Waals surface area contributed by atoms with E-state index in [4.69, 9.17) is 4.74 Å². The molecule has 0 spiro atoms. The molecule has 5 nitrogen and oxygen atoms in total. The zero-order chi connectivity index (χ0) is 19.2. The Bertz CT molecular complexity index is 971. The third-order valence-electron chi connectivity index (χ3n) is 4.07. The molecule has 2 amide bonds. The van der Waals surface area contributed by atoms with Crippen molar-refractivity contribution < 1.29 is 14.3 Å². The van der Waals surface area contributed by atoms with Gasteiger partial charge in [-0.15, -0.1) is 0 Å². The molecule has 0 fully saturated rings. The minimum atomic E-state index is -0.255. The zero-order valence-electron chi connectivity index (χ0n) is 14.8. The minimum Gasteiger partial charge on any atom is -0.483 e. The SMILES string of the molecule is CNC(=O)Cc1ccc(NC(=O)COc2ccc3ccccc3c2Br)cc1. The van der Waals surface area contributed by atoms with Crippen molar-refractivity contribution in [2.45, 2.75) is 6.42 Å². The van der Waals surface area contributed by atoms with E-state index in [1.54, 1.807) is 19.2 Å². The molecule has 0 heterocycles. The van der Waals surface area contributed by atoms with E-state index in [1.165, 1.54) is 0 Å². The second kappa shape index (κ2) is 8.68. The summed E-state index contributed by atoms with van der Waals surface area (Å²) in [7, 11) is 1.60. The van der Waals surface area contributed by atoms with Crippen molar-refractivity contribution in [1.82, 2.24) is 5.32 Å². The van der Waals surface area contributed by atoms with Crippen LogP contribution in [0.2, 0.25) is 0 Å². The van der Waals surface area contributed by atoms with Crippen molar-refractivity contribution in [3.8, 4) is 5.75 Å². The molecule has 3 rings (SSSR count). The fourth-order valence-electron chi connectivity index (χ4n) is 2.65. The van der Waals surface area contributed by atoms with Gasteiger partial charge in [-0.25, -0.2) is 0 Å². The van der Waals surface area contributed by atoms with Crippen molar-refractivity contribution in [3.63, 3.8) is 0 Å². The lowest BCUT2D eigenvalue weighted by Crippen LogP contribution is -2.21. The van der Waals surface area contributed by atoms with Crippen LogP contribution >= 0.6 is 15.9 Å². The van der Waals surface area contributed by atoms with Crippen molar-refractivity contribution >= 4 is 44.2 Å². The molecule has 0 radical (unpaired) electrons. The Morgan fingerprint density at radius 2 is 1.70 bits per heavy atom. The molecule has 0 saturated heterocycles. The van der Waals surface area contributed by atoms with Gasteiger partial charge in [0, 0.05) is 12.7 Å². The maximum atomic E-state index is 12.2.